The Balaban J connectivity index is 3.44. The van der Waals surface area contributed by atoms with Crippen LogP contribution in [0.1, 0.15) is 22.6 Å². The Labute approximate surface area is 110 Å². The van der Waals surface area contributed by atoms with Crippen molar-refractivity contribution in [2.45, 2.75) is 24.7 Å². The molecule has 94 valence electrons. The Hall–Kier alpha value is -0.680. The summed E-state index contributed by atoms with van der Waals surface area (Å²) in [6.07, 6.45) is 2.06. The first-order valence-corrected chi connectivity index (χ1v) is 8.15. The molecule has 5 heteroatoms. The minimum atomic E-state index is -3.20. The molecule has 0 aliphatic carbocycles. The maximum atomic E-state index is 11.5. The number of carbonyl (C=O) groups excluding carboxylic acids is 1. The van der Waals surface area contributed by atoms with Gasteiger partial charge in [-0.2, -0.15) is 0 Å². The van der Waals surface area contributed by atoms with Crippen molar-refractivity contribution >= 4 is 32.1 Å². The highest BCUT2D eigenvalue weighted by atomic mass is 79.9. The Kier molecular flexibility index (Phi) is 4.49. The van der Waals surface area contributed by atoms with Crippen LogP contribution in [-0.2, 0) is 14.6 Å². The van der Waals surface area contributed by atoms with Gasteiger partial charge in [0.05, 0.1) is 4.90 Å². The van der Waals surface area contributed by atoms with Gasteiger partial charge < -0.3 is 4.79 Å². The Morgan fingerprint density at radius 3 is 2.06 bits per heavy atom. The van der Waals surface area contributed by atoms with Crippen molar-refractivity contribution in [1.82, 2.24) is 0 Å². The fourth-order valence-electron chi connectivity index (χ4n) is 1.92. The molecule has 0 aliphatic rings. The van der Waals surface area contributed by atoms with Gasteiger partial charge in [-0.05, 0) is 42.7 Å². The van der Waals surface area contributed by atoms with Crippen LogP contribution < -0.4 is 0 Å². The molecule has 0 amide bonds. The first-order chi connectivity index (χ1) is 7.81. The molecule has 1 aromatic rings. The van der Waals surface area contributed by atoms with Crippen molar-refractivity contribution in [2.75, 3.05) is 11.6 Å². The quantitative estimate of drug-likeness (QED) is 0.632. The van der Waals surface area contributed by atoms with Crippen LogP contribution >= 0.6 is 15.9 Å². The molecule has 3 nitrogen and oxygen atoms in total. The van der Waals surface area contributed by atoms with E-state index in [0.717, 1.165) is 23.0 Å². The summed E-state index contributed by atoms with van der Waals surface area (Å²) in [6, 6.07) is 3.24. The monoisotopic (exact) mass is 318 g/mol. The second kappa shape index (κ2) is 5.31. The molecule has 0 heterocycles. The van der Waals surface area contributed by atoms with Crippen LogP contribution in [0.4, 0.5) is 0 Å². The van der Waals surface area contributed by atoms with Gasteiger partial charge >= 0.3 is 0 Å². The average Bonchev–Trinajstić information content (AvgIpc) is 2.21. The predicted molar refractivity (Wildman–Crippen MR) is 71.6 cm³/mol. The van der Waals surface area contributed by atoms with E-state index in [1.54, 1.807) is 12.1 Å². The minimum absolute atomic E-state index is 0.233. The maximum absolute atomic E-state index is 11.5. The Morgan fingerprint density at radius 1 is 1.29 bits per heavy atom. The lowest BCUT2D eigenvalue weighted by Crippen LogP contribution is -2.08. The number of hydrogen-bond donors (Lipinski definition) is 0. The van der Waals surface area contributed by atoms with Gasteiger partial charge in [0.1, 0.15) is 6.29 Å². The van der Waals surface area contributed by atoms with Gasteiger partial charge in [-0.3, -0.25) is 0 Å². The number of aryl methyl sites for hydroxylation is 2. The summed E-state index contributed by atoms with van der Waals surface area (Å²) < 4.78 is 23.0. The topological polar surface area (TPSA) is 51.2 Å². The molecule has 0 saturated carbocycles. The number of rotatable bonds is 4. The van der Waals surface area contributed by atoms with Crippen molar-refractivity contribution in [3.63, 3.8) is 0 Å². The van der Waals surface area contributed by atoms with Crippen LogP contribution in [-0.4, -0.2) is 26.3 Å². The van der Waals surface area contributed by atoms with E-state index in [1.807, 2.05) is 13.8 Å². The molecule has 0 fully saturated rings. The summed E-state index contributed by atoms with van der Waals surface area (Å²) in [4.78, 5) is 11.3. The fourth-order valence-corrected chi connectivity index (χ4v) is 3.17. The predicted octanol–water partition coefficient (Wildman–Crippen LogP) is 2.38. The molecule has 0 aromatic heterocycles. The smallest absolute Gasteiger partial charge is 0.175 e. The van der Waals surface area contributed by atoms with E-state index in [2.05, 4.69) is 15.9 Å². The van der Waals surface area contributed by atoms with Crippen LogP contribution in [0.25, 0.3) is 0 Å². The van der Waals surface area contributed by atoms with Gasteiger partial charge in [0.2, 0.25) is 0 Å². The van der Waals surface area contributed by atoms with Crippen LogP contribution in [0.3, 0.4) is 0 Å². The van der Waals surface area contributed by atoms with E-state index in [4.69, 9.17) is 0 Å². The van der Waals surface area contributed by atoms with Gasteiger partial charge in [0.25, 0.3) is 0 Å². The van der Waals surface area contributed by atoms with Gasteiger partial charge in [-0.1, -0.05) is 15.9 Å². The third-order valence-electron chi connectivity index (χ3n) is 2.70. The van der Waals surface area contributed by atoms with E-state index in [9.17, 15) is 13.2 Å². The van der Waals surface area contributed by atoms with Crippen LogP contribution in [0, 0.1) is 13.8 Å². The molecular formula is C12H15BrO3S. The second-order valence-electron chi connectivity index (χ2n) is 4.14. The van der Waals surface area contributed by atoms with Crippen molar-refractivity contribution in [3.8, 4) is 0 Å². The van der Waals surface area contributed by atoms with Crippen LogP contribution in [0.15, 0.2) is 17.0 Å². The zero-order valence-corrected chi connectivity index (χ0v) is 12.4. The Morgan fingerprint density at radius 2 is 1.76 bits per heavy atom. The van der Waals surface area contributed by atoms with Gasteiger partial charge in [0.15, 0.2) is 9.84 Å². The van der Waals surface area contributed by atoms with E-state index in [1.165, 1.54) is 6.26 Å². The van der Waals surface area contributed by atoms with Crippen molar-refractivity contribution < 1.29 is 13.2 Å². The van der Waals surface area contributed by atoms with Crippen molar-refractivity contribution in [1.29, 1.82) is 0 Å². The molecule has 0 spiro atoms. The van der Waals surface area contributed by atoms with Crippen LogP contribution in [0.5, 0.6) is 0 Å². The van der Waals surface area contributed by atoms with Gasteiger partial charge in [-0.25, -0.2) is 8.42 Å². The molecule has 0 radical (unpaired) electrons. The molecule has 0 saturated heterocycles. The van der Waals surface area contributed by atoms with Gasteiger partial charge in [0, 0.05) is 17.5 Å². The SMILES string of the molecule is Cc1cc(S(C)(=O)=O)cc(C)c1C(C=O)CBr. The highest BCUT2D eigenvalue weighted by molar-refractivity contribution is 9.09. The molecular weight excluding hydrogens is 304 g/mol. The molecule has 1 atom stereocenters. The summed E-state index contributed by atoms with van der Waals surface area (Å²) >= 11 is 3.29. The number of hydrogen-bond acceptors (Lipinski definition) is 3. The summed E-state index contributed by atoms with van der Waals surface area (Å²) in [5.41, 5.74) is 2.58. The van der Waals surface area contributed by atoms with Crippen LogP contribution in [0.2, 0.25) is 0 Å². The maximum Gasteiger partial charge on any atom is 0.175 e. The first-order valence-electron chi connectivity index (χ1n) is 5.13. The standard InChI is InChI=1S/C12H15BrO3S/c1-8-4-11(17(3,15)16)5-9(2)12(8)10(6-13)7-14/h4-5,7,10H,6H2,1-3H3. The fraction of sp³-hybridized carbons (Fsp3) is 0.417. The number of alkyl halides is 1. The lowest BCUT2D eigenvalue weighted by molar-refractivity contribution is -0.108. The number of halogens is 1. The number of sulfone groups is 1. The largest absolute Gasteiger partial charge is 0.303 e. The molecule has 0 aliphatic heterocycles. The summed E-state index contributed by atoms with van der Waals surface area (Å²) in [5.74, 6) is -0.233. The third-order valence-corrected chi connectivity index (χ3v) is 4.49. The summed E-state index contributed by atoms with van der Waals surface area (Å²) in [5, 5.41) is 0.538. The van der Waals surface area contributed by atoms with Crippen molar-refractivity contribution in [3.05, 3.63) is 28.8 Å². The van der Waals surface area contributed by atoms with E-state index >= 15 is 0 Å². The first kappa shape index (κ1) is 14.4. The Bertz CT molecular complexity index is 512. The zero-order chi connectivity index (χ0) is 13.2. The molecule has 0 bridgehead atoms. The molecule has 1 unspecified atom stereocenters. The van der Waals surface area contributed by atoms with E-state index < -0.39 is 9.84 Å². The summed E-state index contributed by atoms with van der Waals surface area (Å²) in [7, 11) is -3.20. The lowest BCUT2D eigenvalue weighted by atomic mass is 9.93. The highest BCUT2D eigenvalue weighted by Crippen LogP contribution is 2.27. The zero-order valence-electron chi connectivity index (χ0n) is 10.0. The van der Waals surface area contributed by atoms with Crippen molar-refractivity contribution in [2.24, 2.45) is 0 Å². The molecule has 1 rings (SSSR count). The molecule has 17 heavy (non-hydrogen) atoms. The average molecular weight is 319 g/mol. The second-order valence-corrected chi connectivity index (χ2v) is 6.80. The number of carbonyl (C=O) groups is 1. The molecule has 0 N–H and O–H groups in total. The summed E-state index contributed by atoms with van der Waals surface area (Å²) in [6.45, 7) is 3.66. The lowest BCUT2D eigenvalue weighted by Gasteiger charge is -2.15. The number of benzene rings is 1. The highest BCUT2D eigenvalue weighted by Gasteiger charge is 2.17. The van der Waals surface area contributed by atoms with E-state index in [0.29, 0.717) is 10.2 Å². The van der Waals surface area contributed by atoms with Gasteiger partial charge in [-0.15, -0.1) is 0 Å². The van der Waals surface area contributed by atoms with E-state index in [-0.39, 0.29) is 5.92 Å². The third kappa shape index (κ3) is 3.16. The number of aldehydes is 1. The minimum Gasteiger partial charge on any atom is -0.303 e. The normalized spacial score (nSPS) is 13.4. The molecule has 1 aromatic carbocycles.